The van der Waals surface area contributed by atoms with Crippen molar-refractivity contribution in [2.45, 2.75) is 39.2 Å². The van der Waals surface area contributed by atoms with Gasteiger partial charge in [-0.05, 0) is 73.6 Å². The summed E-state index contributed by atoms with van der Waals surface area (Å²) in [6.45, 7) is 6.56. The van der Waals surface area contributed by atoms with Gasteiger partial charge in [-0.2, -0.15) is 0 Å². The molecule has 1 aliphatic heterocycles. The lowest BCUT2D eigenvalue weighted by Crippen LogP contribution is -2.31. The molecule has 0 fully saturated rings. The van der Waals surface area contributed by atoms with E-state index in [-0.39, 0.29) is 11.9 Å². The third-order valence-corrected chi connectivity index (χ3v) is 6.72. The second-order valence-electron chi connectivity index (χ2n) is 8.88. The molecule has 2 N–H and O–H groups in total. The Morgan fingerprint density at radius 2 is 1.71 bits per heavy atom. The molecular weight excluding hydrogens is 380 g/mol. The van der Waals surface area contributed by atoms with Gasteiger partial charge < -0.3 is 10.6 Å². The van der Waals surface area contributed by atoms with E-state index in [0.29, 0.717) is 17.4 Å². The summed E-state index contributed by atoms with van der Waals surface area (Å²) in [6, 6.07) is 20.5. The molecule has 3 unspecified atom stereocenters. The van der Waals surface area contributed by atoms with Crippen molar-refractivity contribution < 1.29 is 4.79 Å². The third kappa shape index (κ3) is 3.44. The van der Waals surface area contributed by atoms with Gasteiger partial charge in [-0.3, -0.25) is 4.79 Å². The first-order valence-corrected chi connectivity index (χ1v) is 11.0. The molecule has 1 heterocycles. The molecule has 31 heavy (non-hydrogen) atoms. The van der Waals surface area contributed by atoms with Crippen molar-refractivity contribution in [3.05, 3.63) is 106 Å². The summed E-state index contributed by atoms with van der Waals surface area (Å²) >= 11 is 0. The second kappa shape index (κ2) is 7.73. The topological polar surface area (TPSA) is 41.1 Å². The van der Waals surface area contributed by atoms with Crippen LogP contribution in [0.4, 0.5) is 11.4 Å². The lowest BCUT2D eigenvalue weighted by atomic mass is 9.74. The summed E-state index contributed by atoms with van der Waals surface area (Å²) < 4.78 is 0. The van der Waals surface area contributed by atoms with Gasteiger partial charge in [0.2, 0.25) is 0 Å². The minimum absolute atomic E-state index is 0.0768. The van der Waals surface area contributed by atoms with Crippen LogP contribution in [0.5, 0.6) is 0 Å². The molecule has 3 heteroatoms. The van der Waals surface area contributed by atoms with Crippen molar-refractivity contribution in [2.75, 3.05) is 10.6 Å². The first-order valence-electron chi connectivity index (χ1n) is 11.0. The molecule has 0 aromatic heterocycles. The highest BCUT2D eigenvalue weighted by atomic mass is 16.1. The predicted octanol–water partition coefficient (Wildman–Crippen LogP) is 6.69. The van der Waals surface area contributed by atoms with E-state index in [2.05, 4.69) is 61.8 Å². The van der Waals surface area contributed by atoms with E-state index in [0.717, 1.165) is 17.8 Å². The summed E-state index contributed by atoms with van der Waals surface area (Å²) in [5.74, 6) is 0.706. The van der Waals surface area contributed by atoms with Crippen LogP contribution in [0, 0.1) is 26.7 Å². The number of aryl methyl sites for hydroxylation is 3. The zero-order chi connectivity index (χ0) is 21.5. The summed E-state index contributed by atoms with van der Waals surface area (Å²) in [7, 11) is 0. The van der Waals surface area contributed by atoms with E-state index in [1.165, 1.54) is 27.8 Å². The molecular formula is C28H28N2O. The number of hydrogen-bond donors (Lipinski definition) is 2. The molecule has 0 spiro atoms. The number of anilines is 2. The Bertz CT molecular complexity index is 1160. The van der Waals surface area contributed by atoms with E-state index >= 15 is 0 Å². The highest BCUT2D eigenvalue weighted by molar-refractivity contribution is 6.08. The van der Waals surface area contributed by atoms with Gasteiger partial charge in [-0.25, -0.2) is 0 Å². The predicted molar refractivity (Wildman–Crippen MR) is 128 cm³/mol. The summed E-state index contributed by atoms with van der Waals surface area (Å²) in [5, 5.41) is 6.88. The maximum absolute atomic E-state index is 13.2. The lowest BCUT2D eigenvalue weighted by Gasteiger charge is -2.39. The first-order chi connectivity index (χ1) is 15.0. The molecule has 0 saturated heterocycles. The van der Waals surface area contributed by atoms with Gasteiger partial charge in [0.25, 0.3) is 5.91 Å². The maximum Gasteiger partial charge on any atom is 0.257 e. The van der Waals surface area contributed by atoms with E-state index in [1.54, 1.807) is 0 Å². The molecule has 156 valence electrons. The van der Waals surface area contributed by atoms with Gasteiger partial charge in [0.15, 0.2) is 0 Å². The number of fused-ring (bicyclic) bond motifs is 3. The zero-order valence-electron chi connectivity index (χ0n) is 18.3. The molecule has 0 bridgehead atoms. The SMILES string of the molecule is Cc1cc(C)c(C2Nc3c(C(=O)Nc4ccccc4)cccc3C3C=CCC32)c(C)c1. The van der Waals surface area contributed by atoms with E-state index < -0.39 is 0 Å². The van der Waals surface area contributed by atoms with Crippen LogP contribution in [0.25, 0.3) is 0 Å². The van der Waals surface area contributed by atoms with Crippen LogP contribution in [0.2, 0.25) is 0 Å². The smallest absolute Gasteiger partial charge is 0.257 e. The molecule has 2 aliphatic rings. The van der Waals surface area contributed by atoms with Gasteiger partial charge in [0.1, 0.15) is 0 Å². The Morgan fingerprint density at radius 1 is 0.968 bits per heavy atom. The van der Waals surface area contributed by atoms with Gasteiger partial charge in [-0.1, -0.05) is 60.2 Å². The number of benzene rings is 3. The van der Waals surface area contributed by atoms with Crippen molar-refractivity contribution in [1.82, 2.24) is 0 Å². The van der Waals surface area contributed by atoms with Crippen molar-refractivity contribution in [3.63, 3.8) is 0 Å². The van der Waals surface area contributed by atoms with Gasteiger partial charge in [0.05, 0.1) is 17.3 Å². The Labute approximate surface area is 184 Å². The molecule has 3 aromatic rings. The number of carbonyl (C=O) groups excluding carboxylic acids is 1. The monoisotopic (exact) mass is 408 g/mol. The minimum Gasteiger partial charge on any atom is -0.377 e. The number of amides is 1. The van der Waals surface area contributed by atoms with Crippen molar-refractivity contribution in [1.29, 1.82) is 0 Å². The summed E-state index contributed by atoms with van der Waals surface area (Å²) in [5.41, 5.74) is 8.98. The van der Waals surface area contributed by atoms with E-state index in [1.807, 2.05) is 42.5 Å². The normalized spacial score (nSPS) is 21.2. The fourth-order valence-electron chi connectivity index (χ4n) is 5.50. The van der Waals surface area contributed by atoms with Crippen LogP contribution in [0.15, 0.2) is 72.8 Å². The van der Waals surface area contributed by atoms with Crippen LogP contribution in [-0.2, 0) is 0 Å². The van der Waals surface area contributed by atoms with Crippen LogP contribution in [0.3, 0.4) is 0 Å². The largest absolute Gasteiger partial charge is 0.377 e. The number of carbonyl (C=O) groups is 1. The first kappa shape index (κ1) is 19.6. The number of allylic oxidation sites excluding steroid dienone is 2. The highest BCUT2D eigenvalue weighted by Crippen LogP contribution is 2.51. The zero-order valence-corrected chi connectivity index (χ0v) is 18.3. The molecule has 3 atom stereocenters. The fraction of sp³-hybridized carbons (Fsp3) is 0.250. The molecule has 5 rings (SSSR count). The van der Waals surface area contributed by atoms with Gasteiger partial charge >= 0.3 is 0 Å². The minimum atomic E-state index is -0.0768. The second-order valence-corrected chi connectivity index (χ2v) is 8.88. The standard InChI is InChI=1S/C28H28N2O/c1-17-15-18(2)25(19(3)16-17)27-23-13-7-11-21(23)22-12-8-14-24(26(22)30-27)28(31)29-20-9-5-4-6-10-20/h4-12,14-16,21,23,27,30H,13H2,1-3H3,(H,29,31). The number of nitrogens with one attached hydrogen (secondary N) is 2. The van der Waals surface area contributed by atoms with Crippen molar-refractivity contribution >= 4 is 17.3 Å². The van der Waals surface area contributed by atoms with Crippen molar-refractivity contribution in [2.24, 2.45) is 5.92 Å². The average molecular weight is 409 g/mol. The Balaban J connectivity index is 1.58. The number of para-hydroxylation sites is 2. The van der Waals surface area contributed by atoms with Gasteiger partial charge in [0, 0.05) is 11.6 Å². The quantitative estimate of drug-likeness (QED) is 0.474. The average Bonchev–Trinajstić information content (AvgIpc) is 3.24. The lowest BCUT2D eigenvalue weighted by molar-refractivity contribution is 0.102. The van der Waals surface area contributed by atoms with Crippen molar-refractivity contribution in [3.8, 4) is 0 Å². The fourth-order valence-corrected chi connectivity index (χ4v) is 5.50. The molecule has 3 aromatic carbocycles. The number of rotatable bonds is 3. The van der Waals surface area contributed by atoms with Crippen LogP contribution in [0.1, 0.15) is 56.6 Å². The van der Waals surface area contributed by atoms with E-state index in [4.69, 9.17) is 0 Å². The van der Waals surface area contributed by atoms with Gasteiger partial charge in [-0.15, -0.1) is 0 Å². The van der Waals surface area contributed by atoms with E-state index in [9.17, 15) is 4.79 Å². The third-order valence-electron chi connectivity index (χ3n) is 6.72. The van der Waals surface area contributed by atoms with Crippen LogP contribution < -0.4 is 10.6 Å². The molecule has 1 amide bonds. The molecule has 0 radical (unpaired) electrons. The maximum atomic E-state index is 13.2. The van der Waals surface area contributed by atoms with Crippen LogP contribution >= 0.6 is 0 Å². The molecule has 1 aliphatic carbocycles. The number of hydrogen-bond acceptors (Lipinski definition) is 2. The summed E-state index contributed by atoms with van der Waals surface area (Å²) in [4.78, 5) is 13.2. The highest BCUT2D eigenvalue weighted by Gasteiger charge is 2.40. The van der Waals surface area contributed by atoms with Crippen LogP contribution in [-0.4, -0.2) is 5.91 Å². The summed E-state index contributed by atoms with van der Waals surface area (Å²) in [6.07, 6.45) is 5.68. The Kier molecular flexibility index (Phi) is 4.90. The molecule has 0 saturated carbocycles. The Hall–Kier alpha value is -3.33. The molecule has 3 nitrogen and oxygen atoms in total. The Morgan fingerprint density at radius 3 is 2.45 bits per heavy atom.